The van der Waals surface area contributed by atoms with Crippen molar-refractivity contribution in [2.75, 3.05) is 0 Å². The molecular weight excluding hydrogens is 250 g/mol. The van der Waals surface area contributed by atoms with Crippen LogP contribution < -0.4 is 0 Å². The van der Waals surface area contributed by atoms with Crippen molar-refractivity contribution in [2.24, 2.45) is 11.8 Å². The summed E-state index contributed by atoms with van der Waals surface area (Å²) in [6, 6.07) is 9.79. The average molecular weight is 271 g/mol. The molecule has 1 saturated carbocycles. The van der Waals surface area contributed by atoms with E-state index in [1.165, 1.54) is 12.8 Å². The van der Waals surface area contributed by atoms with E-state index in [1.54, 1.807) is 11.0 Å². The van der Waals surface area contributed by atoms with Crippen LogP contribution in [0.25, 0.3) is 5.69 Å². The molecule has 1 fully saturated rings. The third kappa shape index (κ3) is 2.75. The lowest BCUT2D eigenvalue weighted by atomic mass is 9.79. The van der Waals surface area contributed by atoms with Crippen LogP contribution in [0.2, 0.25) is 0 Å². The van der Waals surface area contributed by atoms with E-state index in [-0.39, 0.29) is 0 Å². The zero-order chi connectivity index (χ0) is 13.9. The largest absolute Gasteiger partial charge is 0.386 e. The van der Waals surface area contributed by atoms with Gasteiger partial charge in [0.25, 0.3) is 0 Å². The number of aromatic nitrogens is 3. The summed E-state index contributed by atoms with van der Waals surface area (Å²) in [5.41, 5.74) is 1.61. The molecule has 0 amide bonds. The van der Waals surface area contributed by atoms with Gasteiger partial charge < -0.3 is 5.11 Å². The van der Waals surface area contributed by atoms with E-state index in [4.69, 9.17) is 0 Å². The topological polar surface area (TPSA) is 50.9 Å². The summed E-state index contributed by atoms with van der Waals surface area (Å²) >= 11 is 0. The number of benzene rings is 1. The highest BCUT2D eigenvalue weighted by Crippen LogP contribution is 2.35. The molecule has 4 heteroatoms. The van der Waals surface area contributed by atoms with Gasteiger partial charge in [0.15, 0.2) is 0 Å². The lowest BCUT2D eigenvalue weighted by molar-refractivity contribution is 0.0718. The maximum atomic E-state index is 10.5. The second kappa shape index (κ2) is 5.75. The molecule has 106 valence electrons. The van der Waals surface area contributed by atoms with Gasteiger partial charge in [-0.05, 0) is 36.8 Å². The van der Waals surface area contributed by atoms with E-state index >= 15 is 0 Å². The lowest BCUT2D eigenvalue weighted by Crippen LogP contribution is -2.19. The second-order valence-electron chi connectivity index (χ2n) is 5.86. The average Bonchev–Trinajstić information content (AvgIpc) is 2.98. The Bertz CT molecular complexity index is 544. The van der Waals surface area contributed by atoms with E-state index in [1.807, 2.05) is 30.3 Å². The molecule has 1 atom stereocenters. The molecule has 0 saturated heterocycles. The summed E-state index contributed by atoms with van der Waals surface area (Å²) in [5, 5.41) is 19.2. The van der Waals surface area contributed by atoms with Crippen molar-refractivity contribution in [3.63, 3.8) is 0 Å². The fourth-order valence-corrected chi connectivity index (χ4v) is 2.94. The Balaban J connectivity index is 1.73. The summed E-state index contributed by atoms with van der Waals surface area (Å²) in [7, 11) is 0. The first-order valence-corrected chi connectivity index (χ1v) is 7.40. The van der Waals surface area contributed by atoms with Crippen molar-refractivity contribution in [3.8, 4) is 5.69 Å². The van der Waals surface area contributed by atoms with Crippen LogP contribution in [-0.4, -0.2) is 20.1 Å². The summed E-state index contributed by atoms with van der Waals surface area (Å²) in [6.07, 6.45) is 5.78. The first-order valence-electron chi connectivity index (χ1n) is 7.40. The molecule has 1 heterocycles. The molecule has 1 N–H and O–H groups in total. The zero-order valence-corrected chi connectivity index (χ0v) is 11.8. The first kappa shape index (κ1) is 13.3. The second-order valence-corrected chi connectivity index (χ2v) is 5.86. The Morgan fingerprint density at radius 1 is 1.15 bits per heavy atom. The number of nitrogens with zero attached hydrogens (tertiary/aromatic N) is 3. The van der Waals surface area contributed by atoms with Gasteiger partial charge >= 0.3 is 0 Å². The summed E-state index contributed by atoms with van der Waals surface area (Å²) in [6.45, 7) is 2.29. The Morgan fingerprint density at radius 3 is 2.55 bits per heavy atom. The van der Waals surface area contributed by atoms with Crippen LogP contribution in [0, 0.1) is 11.8 Å². The van der Waals surface area contributed by atoms with Crippen molar-refractivity contribution >= 4 is 0 Å². The smallest absolute Gasteiger partial charge is 0.112 e. The van der Waals surface area contributed by atoms with Gasteiger partial charge in [-0.2, -0.15) is 15.0 Å². The van der Waals surface area contributed by atoms with Crippen molar-refractivity contribution in [1.29, 1.82) is 0 Å². The van der Waals surface area contributed by atoms with Crippen molar-refractivity contribution < 1.29 is 5.11 Å². The monoisotopic (exact) mass is 271 g/mol. The number of para-hydroxylation sites is 1. The highest BCUT2D eigenvalue weighted by molar-refractivity contribution is 5.28. The molecule has 0 spiro atoms. The van der Waals surface area contributed by atoms with Crippen LogP contribution in [0.5, 0.6) is 0 Å². The van der Waals surface area contributed by atoms with Gasteiger partial charge in [-0.1, -0.05) is 38.0 Å². The van der Waals surface area contributed by atoms with E-state index in [9.17, 15) is 5.11 Å². The Kier molecular flexibility index (Phi) is 3.83. The van der Waals surface area contributed by atoms with Crippen LogP contribution in [0.3, 0.4) is 0 Å². The molecule has 1 aromatic heterocycles. The maximum Gasteiger partial charge on any atom is 0.112 e. The third-order valence-electron chi connectivity index (χ3n) is 4.31. The Morgan fingerprint density at radius 2 is 1.85 bits per heavy atom. The molecule has 0 bridgehead atoms. The Hall–Kier alpha value is -1.68. The van der Waals surface area contributed by atoms with Gasteiger partial charge in [-0.3, -0.25) is 0 Å². The van der Waals surface area contributed by atoms with E-state index in [0.29, 0.717) is 11.6 Å². The van der Waals surface area contributed by atoms with Gasteiger partial charge in [0, 0.05) is 0 Å². The molecule has 1 aliphatic carbocycles. The number of hydrogen-bond donors (Lipinski definition) is 1. The van der Waals surface area contributed by atoms with Crippen molar-refractivity contribution in [2.45, 2.75) is 38.7 Å². The summed E-state index contributed by atoms with van der Waals surface area (Å²) in [4.78, 5) is 1.59. The van der Waals surface area contributed by atoms with Crippen LogP contribution in [0.4, 0.5) is 0 Å². The molecule has 1 unspecified atom stereocenters. The molecule has 4 nitrogen and oxygen atoms in total. The molecule has 1 aromatic carbocycles. The number of aliphatic hydroxyl groups is 1. The van der Waals surface area contributed by atoms with Crippen LogP contribution >= 0.6 is 0 Å². The van der Waals surface area contributed by atoms with Gasteiger partial charge in [-0.25, -0.2) is 0 Å². The van der Waals surface area contributed by atoms with E-state index in [0.717, 1.165) is 24.4 Å². The first-order chi connectivity index (χ1) is 9.74. The SMILES string of the molecule is CC1CCC(C(O)c2cnn(-c3ccccc3)n2)CC1. The molecule has 1 aliphatic rings. The lowest BCUT2D eigenvalue weighted by Gasteiger charge is -2.28. The van der Waals surface area contributed by atoms with Crippen molar-refractivity contribution in [1.82, 2.24) is 15.0 Å². The molecule has 3 rings (SSSR count). The number of aliphatic hydroxyl groups excluding tert-OH is 1. The highest BCUT2D eigenvalue weighted by Gasteiger charge is 2.27. The normalized spacial score (nSPS) is 24.5. The van der Waals surface area contributed by atoms with Crippen molar-refractivity contribution in [3.05, 3.63) is 42.2 Å². The quantitative estimate of drug-likeness (QED) is 0.933. The fraction of sp³-hybridized carbons (Fsp3) is 0.500. The standard InChI is InChI=1S/C16H21N3O/c1-12-7-9-13(10-8-12)16(20)15-11-17-19(18-15)14-5-3-2-4-6-14/h2-6,11-13,16,20H,7-10H2,1H3. The molecule has 0 radical (unpaired) electrons. The van der Waals surface area contributed by atoms with Crippen LogP contribution in [0.15, 0.2) is 36.5 Å². The van der Waals surface area contributed by atoms with Gasteiger partial charge in [0.2, 0.25) is 0 Å². The minimum atomic E-state index is -0.486. The van der Waals surface area contributed by atoms with E-state index in [2.05, 4.69) is 17.1 Å². The fourth-order valence-electron chi connectivity index (χ4n) is 2.94. The predicted octanol–water partition coefficient (Wildman–Crippen LogP) is 3.13. The van der Waals surface area contributed by atoms with Crippen LogP contribution in [0.1, 0.15) is 44.4 Å². The van der Waals surface area contributed by atoms with Crippen LogP contribution in [-0.2, 0) is 0 Å². The predicted molar refractivity (Wildman–Crippen MR) is 77.4 cm³/mol. The molecule has 2 aromatic rings. The van der Waals surface area contributed by atoms with E-state index < -0.39 is 6.10 Å². The number of hydrogen-bond acceptors (Lipinski definition) is 3. The molecular formula is C16H21N3O. The van der Waals surface area contributed by atoms with Gasteiger partial charge in [-0.15, -0.1) is 0 Å². The highest BCUT2D eigenvalue weighted by atomic mass is 16.3. The third-order valence-corrected chi connectivity index (χ3v) is 4.31. The minimum Gasteiger partial charge on any atom is -0.386 e. The molecule has 0 aliphatic heterocycles. The number of rotatable bonds is 3. The maximum absolute atomic E-state index is 10.5. The van der Waals surface area contributed by atoms with Gasteiger partial charge in [0.05, 0.1) is 11.9 Å². The van der Waals surface area contributed by atoms with Gasteiger partial charge in [0.1, 0.15) is 11.8 Å². The Labute approximate surface area is 119 Å². The minimum absolute atomic E-state index is 0.326. The molecule has 20 heavy (non-hydrogen) atoms. The summed E-state index contributed by atoms with van der Waals surface area (Å²) in [5.74, 6) is 1.12. The zero-order valence-electron chi connectivity index (χ0n) is 11.8. The summed E-state index contributed by atoms with van der Waals surface area (Å²) < 4.78 is 0.